The third-order valence-corrected chi connectivity index (χ3v) is 5.28. The third-order valence-electron chi connectivity index (χ3n) is 5.28. The molecule has 0 saturated carbocycles. The van der Waals surface area contributed by atoms with E-state index in [4.69, 9.17) is 14.2 Å². The number of quaternary nitrogens is 1. The van der Waals surface area contributed by atoms with Gasteiger partial charge in [0.15, 0.2) is 11.5 Å². The number of hydrogen-bond acceptors (Lipinski definition) is 6. The van der Waals surface area contributed by atoms with Gasteiger partial charge >= 0.3 is 11.8 Å². The van der Waals surface area contributed by atoms with Crippen LogP contribution in [-0.4, -0.2) is 56.4 Å². The molecule has 0 spiro atoms. The Morgan fingerprint density at radius 2 is 1.87 bits per heavy atom. The molecule has 1 aromatic heterocycles. The number of morpholine rings is 1. The van der Waals surface area contributed by atoms with Crippen LogP contribution in [0.15, 0.2) is 42.7 Å². The molecule has 158 valence electrons. The summed E-state index contributed by atoms with van der Waals surface area (Å²) in [7, 11) is 0. The van der Waals surface area contributed by atoms with Gasteiger partial charge in [-0.1, -0.05) is 6.07 Å². The van der Waals surface area contributed by atoms with E-state index < -0.39 is 11.8 Å². The molecule has 0 radical (unpaired) electrons. The van der Waals surface area contributed by atoms with Gasteiger partial charge in [-0.15, -0.1) is 0 Å². The fraction of sp³-hybridized carbons (Fsp3) is 0.381. The van der Waals surface area contributed by atoms with Crippen LogP contribution in [0.25, 0.3) is 0 Å². The van der Waals surface area contributed by atoms with Crippen molar-refractivity contribution in [2.24, 2.45) is 0 Å². The second-order valence-corrected chi connectivity index (χ2v) is 7.19. The van der Waals surface area contributed by atoms with Crippen LogP contribution in [0.3, 0.4) is 0 Å². The normalized spacial score (nSPS) is 16.7. The highest BCUT2D eigenvalue weighted by molar-refractivity contribution is 6.35. The second-order valence-electron chi connectivity index (χ2n) is 7.19. The molecule has 1 aromatic carbocycles. The Morgan fingerprint density at radius 1 is 1.07 bits per heavy atom. The highest BCUT2D eigenvalue weighted by Gasteiger charge is 2.29. The maximum absolute atomic E-state index is 12.4. The van der Waals surface area contributed by atoms with E-state index in [0.717, 1.165) is 24.2 Å². The van der Waals surface area contributed by atoms with Crippen LogP contribution in [0.5, 0.6) is 11.5 Å². The molecule has 0 aliphatic carbocycles. The number of benzene rings is 1. The molecule has 4 rings (SSSR count). The molecular weight excluding hydrogens is 388 g/mol. The zero-order valence-corrected chi connectivity index (χ0v) is 16.6. The molecule has 9 nitrogen and oxygen atoms in total. The van der Waals surface area contributed by atoms with Crippen molar-refractivity contribution in [3.05, 3.63) is 53.9 Å². The van der Waals surface area contributed by atoms with E-state index in [9.17, 15) is 9.59 Å². The van der Waals surface area contributed by atoms with Crippen LogP contribution in [-0.2, 0) is 20.9 Å². The van der Waals surface area contributed by atoms with Crippen molar-refractivity contribution < 1.29 is 28.7 Å². The first kappa shape index (κ1) is 20.1. The Balaban J connectivity index is 1.39. The number of ether oxygens (including phenoxy) is 3. The van der Waals surface area contributed by atoms with E-state index >= 15 is 0 Å². The van der Waals surface area contributed by atoms with Gasteiger partial charge in [0.2, 0.25) is 6.79 Å². The van der Waals surface area contributed by atoms with Crippen molar-refractivity contribution in [2.45, 2.75) is 12.6 Å². The van der Waals surface area contributed by atoms with Crippen LogP contribution in [0.4, 0.5) is 0 Å². The van der Waals surface area contributed by atoms with E-state index in [2.05, 4.69) is 15.6 Å². The van der Waals surface area contributed by atoms with Crippen LogP contribution in [0, 0.1) is 0 Å². The predicted molar refractivity (Wildman–Crippen MR) is 106 cm³/mol. The number of rotatable bonds is 6. The number of nitrogens with one attached hydrogen (secondary N) is 3. The minimum Gasteiger partial charge on any atom is -0.454 e. The molecule has 2 amide bonds. The van der Waals surface area contributed by atoms with Crippen molar-refractivity contribution >= 4 is 11.8 Å². The van der Waals surface area contributed by atoms with Gasteiger partial charge in [-0.3, -0.25) is 14.6 Å². The van der Waals surface area contributed by atoms with E-state index in [1.54, 1.807) is 18.5 Å². The zero-order valence-electron chi connectivity index (χ0n) is 16.6. The fourth-order valence-electron chi connectivity index (χ4n) is 3.65. The topological polar surface area (TPSA) is 103 Å². The highest BCUT2D eigenvalue weighted by Crippen LogP contribution is 2.33. The molecule has 2 aliphatic rings. The number of nitrogens with zero attached hydrogens (tertiary/aromatic N) is 1. The van der Waals surface area contributed by atoms with Gasteiger partial charge in [0.05, 0.1) is 19.8 Å². The van der Waals surface area contributed by atoms with Gasteiger partial charge in [0.1, 0.15) is 19.1 Å². The molecule has 0 bridgehead atoms. The first-order valence-electron chi connectivity index (χ1n) is 9.97. The van der Waals surface area contributed by atoms with Crippen molar-refractivity contribution in [2.75, 3.05) is 39.6 Å². The molecular formula is C21H25N4O5+. The third kappa shape index (κ3) is 4.87. The summed E-state index contributed by atoms with van der Waals surface area (Å²) in [5, 5.41) is 5.40. The lowest BCUT2D eigenvalue weighted by Gasteiger charge is -2.32. The number of carbonyl (C=O) groups is 2. The summed E-state index contributed by atoms with van der Waals surface area (Å²) < 4.78 is 16.4. The van der Waals surface area contributed by atoms with Crippen molar-refractivity contribution in [1.29, 1.82) is 0 Å². The summed E-state index contributed by atoms with van der Waals surface area (Å²) in [6, 6.07) is 9.40. The average molecular weight is 413 g/mol. The zero-order chi connectivity index (χ0) is 20.8. The summed E-state index contributed by atoms with van der Waals surface area (Å²) in [5.41, 5.74) is 1.85. The van der Waals surface area contributed by atoms with Gasteiger partial charge in [0, 0.05) is 24.5 Å². The molecule has 3 N–H and O–H groups in total. The first-order chi connectivity index (χ1) is 14.7. The van der Waals surface area contributed by atoms with E-state index in [1.165, 1.54) is 4.90 Å². The lowest BCUT2D eigenvalue weighted by atomic mass is 10.0. The molecule has 2 aromatic rings. The monoisotopic (exact) mass is 413 g/mol. The van der Waals surface area contributed by atoms with Gasteiger partial charge in [-0.25, -0.2) is 0 Å². The number of carbonyl (C=O) groups excluding carboxylic acids is 2. The number of amides is 2. The lowest BCUT2D eigenvalue weighted by molar-refractivity contribution is -0.937. The summed E-state index contributed by atoms with van der Waals surface area (Å²) in [4.78, 5) is 29.8. The van der Waals surface area contributed by atoms with Crippen molar-refractivity contribution in [3.63, 3.8) is 0 Å². The Labute approximate surface area is 174 Å². The molecule has 1 fully saturated rings. The molecule has 2 aliphatic heterocycles. The number of pyridine rings is 1. The Hall–Kier alpha value is -3.17. The summed E-state index contributed by atoms with van der Waals surface area (Å²) in [5.74, 6) is 0.0940. The Morgan fingerprint density at radius 3 is 2.67 bits per heavy atom. The van der Waals surface area contributed by atoms with E-state index in [0.29, 0.717) is 31.3 Å². The first-order valence-corrected chi connectivity index (χ1v) is 9.97. The molecule has 9 heteroatoms. The number of fused-ring (bicyclic) bond motifs is 1. The Bertz CT molecular complexity index is 886. The van der Waals surface area contributed by atoms with Crippen molar-refractivity contribution in [3.8, 4) is 11.5 Å². The van der Waals surface area contributed by atoms with E-state index in [-0.39, 0.29) is 19.4 Å². The minimum absolute atomic E-state index is 0.0292. The fourth-order valence-corrected chi connectivity index (χ4v) is 3.65. The van der Waals surface area contributed by atoms with Gasteiger partial charge < -0.3 is 29.7 Å². The smallest absolute Gasteiger partial charge is 0.309 e. The van der Waals surface area contributed by atoms with Crippen LogP contribution >= 0.6 is 0 Å². The molecule has 30 heavy (non-hydrogen) atoms. The largest absolute Gasteiger partial charge is 0.454 e. The molecule has 0 unspecified atom stereocenters. The van der Waals surface area contributed by atoms with E-state index in [1.807, 2.05) is 24.3 Å². The Kier molecular flexibility index (Phi) is 6.41. The maximum atomic E-state index is 12.4. The second kappa shape index (κ2) is 9.55. The predicted octanol–water partition coefficient (Wildman–Crippen LogP) is -0.801. The lowest BCUT2D eigenvalue weighted by Crippen LogP contribution is -3.15. The van der Waals surface area contributed by atoms with Crippen LogP contribution in [0.1, 0.15) is 17.2 Å². The van der Waals surface area contributed by atoms with Gasteiger partial charge in [-0.2, -0.15) is 0 Å². The highest BCUT2D eigenvalue weighted by atomic mass is 16.7. The van der Waals surface area contributed by atoms with Crippen LogP contribution < -0.4 is 25.0 Å². The minimum atomic E-state index is -0.666. The SMILES string of the molecule is O=C(NCc1cccnc1)C(=O)NC[C@H](c1ccc2c(c1)OCO2)[NH+]1CCOCC1. The standard InChI is InChI=1S/C21H24N4O5/c26-20(23-12-15-2-1-5-22-11-15)21(27)24-13-17(25-6-8-28-9-7-25)16-3-4-18-19(10-16)30-14-29-18/h1-5,10-11,17H,6-9,12-14H2,(H,23,26)(H,24,27)/p+1/t17-/m1/s1. The summed E-state index contributed by atoms with van der Waals surface area (Å²) in [6.07, 6.45) is 3.30. The van der Waals surface area contributed by atoms with Crippen LogP contribution in [0.2, 0.25) is 0 Å². The molecule has 1 saturated heterocycles. The summed E-state index contributed by atoms with van der Waals surface area (Å²) in [6.45, 7) is 3.76. The molecule has 3 heterocycles. The average Bonchev–Trinajstić information content (AvgIpc) is 3.27. The quantitative estimate of drug-likeness (QED) is 0.536. The molecule has 1 atom stereocenters. The number of hydrogen-bond donors (Lipinski definition) is 3. The van der Waals surface area contributed by atoms with Gasteiger partial charge in [0.25, 0.3) is 0 Å². The van der Waals surface area contributed by atoms with Crippen molar-refractivity contribution in [1.82, 2.24) is 15.6 Å². The number of aromatic nitrogens is 1. The van der Waals surface area contributed by atoms with Gasteiger partial charge in [-0.05, 0) is 29.8 Å². The maximum Gasteiger partial charge on any atom is 0.309 e. The summed E-state index contributed by atoms with van der Waals surface area (Å²) >= 11 is 0.